The van der Waals surface area contributed by atoms with Crippen molar-refractivity contribution in [2.45, 2.75) is 65.5 Å². The van der Waals surface area contributed by atoms with Gasteiger partial charge in [0.25, 0.3) is 5.79 Å². The minimum absolute atomic E-state index is 0.0363. The van der Waals surface area contributed by atoms with Crippen LogP contribution in [-0.2, 0) is 19.6 Å². The van der Waals surface area contributed by atoms with Gasteiger partial charge in [0.15, 0.2) is 5.60 Å². The quantitative estimate of drug-likeness (QED) is 0.552. The third-order valence-corrected chi connectivity index (χ3v) is 3.53. The third kappa shape index (κ3) is 1.51. The third-order valence-electron chi connectivity index (χ3n) is 3.53. The van der Waals surface area contributed by atoms with Crippen molar-refractivity contribution in [3.8, 4) is 0 Å². The molecule has 0 aromatic carbocycles. The maximum absolute atomic E-state index is 5.34. The molecule has 0 bridgehead atoms. The fraction of sp³-hybridized carbons (Fsp3) is 1.00. The van der Waals surface area contributed by atoms with E-state index < -0.39 is 11.4 Å². The fourth-order valence-corrected chi connectivity index (χ4v) is 2.42. The Labute approximate surface area is 97.1 Å². The van der Waals surface area contributed by atoms with E-state index in [0.29, 0.717) is 5.92 Å². The Hall–Kier alpha value is -0.160. The molecule has 94 valence electrons. The van der Waals surface area contributed by atoms with Crippen molar-refractivity contribution < 1.29 is 19.6 Å². The summed E-state index contributed by atoms with van der Waals surface area (Å²) in [5.74, 6) is -0.110. The summed E-state index contributed by atoms with van der Waals surface area (Å²) in [6, 6.07) is 0. The standard InChI is InChI=1S/C12H22O4/c1-8(2)7-9-11(6,14-13-9)12(15-16-12)10(3,4)5/h8-9H,7H2,1-6H3. The van der Waals surface area contributed by atoms with Crippen molar-refractivity contribution >= 4 is 0 Å². The second kappa shape index (κ2) is 3.42. The molecule has 4 heteroatoms. The highest BCUT2D eigenvalue weighted by Gasteiger charge is 2.77. The molecule has 0 N–H and O–H groups in total. The smallest absolute Gasteiger partial charge is 0.229 e. The van der Waals surface area contributed by atoms with Gasteiger partial charge in [0.1, 0.15) is 6.10 Å². The molecule has 4 nitrogen and oxygen atoms in total. The molecular formula is C12H22O4. The maximum Gasteiger partial charge on any atom is 0.272 e. The summed E-state index contributed by atoms with van der Waals surface area (Å²) in [7, 11) is 0. The van der Waals surface area contributed by atoms with Crippen LogP contribution in [0.5, 0.6) is 0 Å². The van der Waals surface area contributed by atoms with Crippen LogP contribution in [0.2, 0.25) is 0 Å². The fourth-order valence-electron chi connectivity index (χ4n) is 2.42. The predicted molar refractivity (Wildman–Crippen MR) is 58.2 cm³/mol. The van der Waals surface area contributed by atoms with E-state index in [4.69, 9.17) is 19.6 Å². The molecule has 0 amide bonds. The molecule has 0 saturated carbocycles. The van der Waals surface area contributed by atoms with Crippen LogP contribution in [0.3, 0.4) is 0 Å². The van der Waals surface area contributed by atoms with E-state index in [1.807, 2.05) is 6.92 Å². The Morgan fingerprint density at radius 3 is 1.94 bits per heavy atom. The molecule has 2 heterocycles. The van der Waals surface area contributed by atoms with Crippen molar-refractivity contribution in [3.63, 3.8) is 0 Å². The highest BCUT2D eigenvalue weighted by molar-refractivity contribution is 5.09. The maximum atomic E-state index is 5.34. The molecule has 0 aliphatic carbocycles. The van der Waals surface area contributed by atoms with Gasteiger partial charge in [-0.25, -0.2) is 9.78 Å². The lowest BCUT2D eigenvalue weighted by molar-refractivity contribution is -0.526. The predicted octanol–water partition coefficient (Wildman–Crippen LogP) is 2.83. The van der Waals surface area contributed by atoms with E-state index >= 15 is 0 Å². The van der Waals surface area contributed by atoms with Crippen LogP contribution in [0.15, 0.2) is 0 Å². The summed E-state index contributed by atoms with van der Waals surface area (Å²) in [5, 5.41) is 0. The zero-order chi connectivity index (χ0) is 12.2. The molecule has 2 fully saturated rings. The van der Waals surface area contributed by atoms with E-state index in [1.165, 1.54) is 0 Å². The zero-order valence-electron chi connectivity index (χ0n) is 11.0. The van der Waals surface area contributed by atoms with Gasteiger partial charge in [-0.15, -0.1) is 0 Å². The highest BCUT2D eigenvalue weighted by atomic mass is 17.4. The van der Waals surface area contributed by atoms with Crippen LogP contribution in [0.4, 0.5) is 0 Å². The Kier molecular flexibility index (Phi) is 2.63. The lowest BCUT2D eigenvalue weighted by atomic mass is 9.72. The molecule has 0 spiro atoms. The summed E-state index contributed by atoms with van der Waals surface area (Å²) >= 11 is 0. The lowest BCUT2D eigenvalue weighted by Gasteiger charge is -2.49. The van der Waals surface area contributed by atoms with Crippen molar-refractivity contribution in [3.05, 3.63) is 0 Å². The Bertz CT molecular complexity index is 277. The van der Waals surface area contributed by atoms with Crippen molar-refractivity contribution in [1.29, 1.82) is 0 Å². The molecule has 2 aliphatic rings. The second-order valence-corrected chi connectivity index (χ2v) is 6.44. The van der Waals surface area contributed by atoms with Crippen molar-refractivity contribution in [1.82, 2.24) is 0 Å². The van der Waals surface area contributed by atoms with Gasteiger partial charge in [0.2, 0.25) is 0 Å². The Morgan fingerprint density at radius 1 is 1.12 bits per heavy atom. The van der Waals surface area contributed by atoms with Crippen LogP contribution in [0, 0.1) is 11.3 Å². The molecule has 2 saturated heterocycles. The normalized spacial score (nSPS) is 37.3. The van der Waals surface area contributed by atoms with Gasteiger partial charge in [-0.3, -0.25) is 0 Å². The van der Waals surface area contributed by atoms with Gasteiger partial charge < -0.3 is 0 Å². The largest absolute Gasteiger partial charge is 0.272 e. The van der Waals surface area contributed by atoms with E-state index in [0.717, 1.165) is 6.42 Å². The number of rotatable bonds is 3. The minimum atomic E-state index is -0.669. The average Bonchev–Trinajstić information content (AvgIpc) is 2.90. The molecule has 2 aliphatic heterocycles. The van der Waals surface area contributed by atoms with E-state index in [1.54, 1.807) is 0 Å². The first-order valence-corrected chi connectivity index (χ1v) is 5.94. The first-order valence-electron chi connectivity index (χ1n) is 5.94. The monoisotopic (exact) mass is 230 g/mol. The van der Waals surface area contributed by atoms with Crippen molar-refractivity contribution in [2.24, 2.45) is 11.3 Å². The average molecular weight is 230 g/mol. The lowest BCUT2D eigenvalue weighted by Crippen LogP contribution is -2.67. The molecule has 2 rings (SSSR count). The highest BCUT2D eigenvalue weighted by Crippen LogP contribution is 2.59. The molecule has 16 heavy (non-hydrogen) atoms. The molecule has 0 radical (unpaired) electrons. The van der Waals surface area contributed by atoms with Gasteiger partial charge in [0.05, 0.1) is 0 Å². The van der Waals surface area contributed by atoms with Gasteiger partial charge in [-0.1, -0.05) is 34.6 Å². The van der Waals surface area contributed by atoms with Crippen LogP contribution in [0.25, 0.3) is 0 Å². The molecule has 2 atom stereocenters. The van der Waals surface area contributed by atoms with E-state index in [-0.39, 0.29) is 11.5 Å². The summed E-state index contributed by atoms with van der Waals surface area (Å²) < 4.78 is 0. The number of hydrogen-bond donors (Lipinski definition) is 0. The minimum Gasteiger partial charge on any atom is -0.229 e. The SMILES string of the molecule is CC(C)CC1OOC1(C)C1(C(C)(C)C)OO1. The summed E-state index contributed by atoms with van der Waals surface area (Å²) in [6.45, 7) is 12.6. The Morgan fingerprint density at radius 2 is 1.69 bits per heavy atom. The molecule has 0 aromatic rings. The first kappa shape index (κ1) is 12.3. The summed E-state index contributed by atoms with van der Waals surface area (Å²) in [4.78, 5) is 21.1. The zero-order valence-corrected chi connectivity index (χ0v) is 11.0. The molecule has 2 unspecified atom stereocenters. The van der Waals surface area contributed by atoms with Crippen LogP contribution < -0.4 is 0 Å². The van der Waals surface area contributed by atoms with Gasteiger partial charge >= 0.3 is 0 Å². The topological polar surface area (TPSA) is 43.5 Å². The van der Waals surface area contributed by atoms with Crippen molar-refractivity contribution in [2.75, 3.05) is 0 Å². The molecule has 0 aromatic heterocycles. The van der Waals surface area contributed by atoms with Crippen LogP contribution in [0.1, 0.15) is 48.0 Å². The van der Waals surface area contributed by atoms with Crippen LogP contribution >= 0.6 is 0 Å². The summed E-state index contributed by atoms with van der Waals surface area (Å²) in [5.41, 5.74) is -0.643. The van der Waals surface area contributed by atoms with E-state index in [9.17, 15) is 0 Å². The van der Waals surface area contributed by atoms with E-state index in [2.05, 4.69) is 34.6 Å². The molecular weight excluding hydrogens is 208 g/mol. The van der Waals surface area contributed by atoms with Gasteiger partial charge in [-0.2, -0.15) is 9.78 Å². The first-order chi connectivity index (χ1) is 7.23. The summed E-state index contributed by atoms with van der Waals surface area (Å²) in [6.07, 6.45) is 0.982. The number of hydrogen-bond acceptors (Lipinski definition) is 4. The second-order valence-electron chi connectivity index (χ2n) is 6.44. The van der Waals surface area contributed by atoms with Crippen LogP contribution in [-0.4, -0.2) is 17.5 Å². The van der Waals surface area contributed by atoms with Gasteiger partial charge in [0, 0.05) is 5.41 Å². The Balaban J connectivity index is 2.14. The van der Waals surface area contributed by atoms with Gasteiger partial charge in [-0.05, 0) is 19.3 Å².